The molecule has 0 atom stereocenters. The number of benzene rings is 1. The van der Waals surface area contributed by atoms with Gasteiger partial charge in [0.15, 0.2) is 0 Å². The van der Waals surface area contributed by atoms with Crippen LogP contribution in [0.15, 0.2) is 18.2 Å². The van der Waals surface area contributed by atoms with E-state index in [0.29, 0.717) is 5.75 Å². The standard InChI is InChI=1S/C9H10FNO2/c1-11-9(12)7-5-6(10)3-4-8(7)13-2/h3-5H,1-2H3,(H,11,12). The summed E-state index contributed by atoms with van der Waals surface area (Å²) < 4.78 is 17.6. The summed E-state index contributed by atoms with van der Waals surface area (Å²) in [7, 11) is 2.91. The smallest absolute Gasteiger partial charge is 0.254 e. The minimum Gasteiger partial charge on any atom is -0.496 e. The Morgan fingerprint density at radius 1 is 1.54 bits per heavy atom. The van der Waals surface area contributed by atoms with E-state index in [2.05, 4.69) is 5.32 Å². The van der Waals surface area contributed by atoms with Gasteiger partial charge in [0.25, 0.3) is 5.91 Å². The van der Waals surface area contributed by atoms with Crippen molar-refractivity contribution >= 4 is 5.91 Å². The van der Waals surface area contributed by atoms with Crippen LogP contribution in [0.2, 0.25) is 0 Å². The first-order valence-electron chi connectivity index (χ1n) is 3.74. The molecule has 0 aromatic heterocycles. The second-order valence-corrected chi connectivity index (χ2v) is 2.42. The lowest BCUT2D eigenvalue weighted by atomic mass is 10.2. The van der Waals surface area contributed by atoms with Gasteiger partial charge in [-0.05, 0) is 18.2 Å². The van der Waals surface area contributed by atoms with Crippen LogP contribution in [0, 0.1) is 5.82 Å². The highest BCUT2D eigenvalue weighted by Gasteiger charge is 2.10. The van der Waals surface area contributed by atoms with Crippen molar-refractivity contribution in [2.24, 2.45) is 0 Å². The molecule has 0 fully saturated rings. The molecule has 3 nitrogen and oxygen atoms in total. The van der Waals surface area contributed by atoms with Gasteiger partial charge in [-0.3, -0.25) is 4.79 Å². The first-order chi connectivity index (χ1) is 6.19. The van der Waals surface area contributed by atoms with Crippen LogP contribution in [0.1, 0.15) is 10.4 Å². The van der Waals surface area contributed by atoms with Gasteiger partial charge >= 0.3 is 0 Å². The second kappa shape index (κ2) is 3.89. The predicted molar refractivity (Wildman–Crippen MR) is 46.3 cm³/mol. The van der Waals surface area contributed by atoms with E-state index in [1.54, 1.807) is 0 Å². The van der Waals surface area contributed by atoms with Crippen LogP contribution in [0.5, 0.6) is 5.75 Å². The number of nitrogens with one attached hydrogen (secondary N) is 1. The topological polar surface area (TPSA) is 38.3 Å². The lowest BCUT2D eigenvalue weighted by Gasteiger charge is -2.06. The van der Waals surface area contributed by atoms with Crippen LogP contribution in [-0.4, -0.2) is 20.1 Å². The van der Waals surface area contributed by atoms with Crippen LogP contribution >= 0.6 is 0 Å². The summed E-state index contributed by atoms with van der Waals surface area (Å²) in [5, 5.41) is 2.40. The average molecular weight is 183 g/mol. The lowest BCUT2D eigenvalue weighted by Crippen LogP contribution is -2.18. The summed E-state index contributed by atoms with van der Waals surface area (Å²) in [5.74, 6) is -0.462. The van der Waals surface area contributed by atoms with Gasteiger partial charge in [-0.15, -0.1) is 0 Å². The molecule has 1 aromatic rings. The molecule has 1 rings (SSSR count). The van der Waals surface area contributed by atoms with Crippen molar-refractivity contribution in [2.75, 3.05) is 14.2 Å². The maximum absolute atomic E-state index is 12.7. The second-order valence-electron chi connectivity index (χ2n) is 2.42. The summed E-state index contributed by atoms with van der Waals surface area (Å²) in [6, 6.07) is 3.79. The number of methoxy groups -OCH3 is 1. The fraction of sp³-hybridized carbons (Fsp3) is 0.222. The number of carbonyl (C=O) groups excluding carboxylic acids is 1. The summed E-state index contributed by atoms with van der Waals surface area (Å²) in [4.78, 5) is 11.2. The Balaban J connectivity index is 3.15. The van der Waals surface area contributed by atoms with E-state index in [9.17, 15) is 9.18 Å². The summed E-state index contributed by atoms with van der Waals surface area (Å²) in [5.41, 5.74) is 0.199. The normalized spacial score (nSPS) is 9.46. The van der Waals surface area contributed by atoms with Gasteiger partial charge in [0, 0.05) is 7.05 Å². The van der Waals surface area contributed by atoms with Crippen LogP contribution in [0.25, 0.3) is 0 Å². The Bertz CT molecular complexity index is 325. The number of hydrogen-bond donors (Lipinski definition) is 1. The highest BCUT2D eigenvalue weighted by Crippen LogP contribution is 2.18. The Hall–Kier alpha value is -1.58. The molecule has 13 heavy (non-hydrogen) atoms. The SMILES string of the molecule is CNC(=O)c1cc(F)ccc1OC. The van der Waals surface area contributed by atoms with Gasteiger partial charge in [0.2, 0.25) is 0 Å². The Morgan fingerprint density at radius 2 is 2.23 bits per heavy atom. The Morgan fingerprint density at radius 3 is 2.77 bits per heavy atom. The monoisotopic (exact) mass is 183 g/mol. The predicted octanol–water partition coefficient (Wildman–Crippen LogP) is 1.19. The number of ether oxygens (including phenoxy) is 1. The zero-order chi connectivity index (χ0) is 9.84. The van der Waals surface area contributed by atoms with Gasteiger partial charge in [-0.1, -0.05) is 0 Å². The van der Waals surface area contributed by atoms with Crippen molar-refractivity contribution in [1.82, 2.24) is 5.32 Å². The van der Waals surface area contributed by atoms with Gasteiger partial charge < -0.3 is 10.1 Å². The summed E-state index contributed by atoms with van der Waals surface area (Å²) >= 11 is 0. The Labute approximate surface area is 75.5 Å². The average Bonchev–Trinajstić information content (AvgIpc) is 2.16. The first kappa shape index (κ1) is 9.51. The molecule has 0 saturated heterocycles. The van der Waals surface area contributed by atoms with Crippen molar-refractivity contribution in [3.63, 3.8) is 0 Å². The largest absolute Gasteiger partial charge is 0.496 e. The minimum absolute atomic E-state index is 0.199. The molecule has 0 heterocycles. The number of hydrogen-bond acceptors (Lipinski definition) is 2. The van der Waals surface area contributed by atoms with E-state index < -0.39 is 5.82 Å². The zero-order valence-electron chi connectivity index (χ0n) is 7.43. The van der Waals surface area contributed by atoms with E-state index >= 15 is 0 Å². The van der Waals surface area contributed by atoms with E-state index in [4.69, 9.17) is 4.74 Å². The van der Waals surface area contributed by atoms with Crippen molar-refractivity contribution in [3.8, 4) is 5.75 Å². The highest BCUT2D eigenvalue weighted by atomic mass is 19.1. The maximum Gasteiger partial charge on any atom is 0.254 e. The maximum atomic E-state index is 12.7. The van der Waals surface area contributed by atoms with Gasteiger partial charge in [0.1, 0.15) is 11.6 Å². The lowest BCUT2D eigenvalue weighted by molar-refractivity contribution is 0.0959. The fourth-order valence-electron chi connectivity index (χ4n) is 0.992. The molecule has 0 unspecified atom stereocenters. The molecule has 0 aliphatic carbocycles. The molecule has 1 N–H and O–H groups in total. The van der Waals surface area contributed by atoms with E-state index in [1.165, 1.54) is 26.3 Å². The van der Waals surface area contributed by atoms with Gasteiger partial charge in [-0.2, -0.15) is 0 Å². The first-order valence-corrected chi connectivity index (χ1v) is 3.74. The third-order valence-electron chi connectivity index (χ3n) is 1.63. The van der Waals surface area contributed by atoms with Crippen LogP contribution in [0.3, 0.4) is 0 Å². The number of carbonyl (C=O) groups is 1. The van der Waals surface area contributed by atoms with E-state index in [1.807, 2.05) is 0 Å². The van der Waals surface area contributed by atoms with Crippen molar-refractivity contribution in [2.45, 2.75) is 0 Å². The van der Waals surface area contributed by atoms with Crippen molar-refractivity contribution in [3.05, 3.63) is 29.6 Å². The molecule has 1 aromatic carbocycles. The molecule has 70 valence electrons. The van der Waals surface area contributed by atoms with Gasteiger partial charge in [-0.25, -0.2) is 4.39 Å². The zero-order valence-corrected chi connectivity index (χ0v) is 7.43. The minimum atomic E-state index is -0.459. The van der Waals surface area contributed by atoms with Crippen LogP contribution in [0.4, 0.5) is 4.39 Å². The van der Waals surface area contributed by atoms with Crippen LogP contribution < -0.4 is 10.1 Å². The molecular formula is C9H10FNO2. The third kappa shape index (κ3) is 1.96. The molecule has 0 aliphatic rings. The highest BCUT2D eigenvalue weighted by molar-refractivity contribution is 5.96. The molecular weight excluding hydrogens is 173 g/mol. The molecule has 4 heteroatoms. The Kier molecular flexibility index (Phi) is 2.84. The number of amides is 1. The summed E-state index contributed by atoms with van der Waals surface area (Å²) in [6.07, 6.45) is 0. The van der Waals surface area contributed by atoms with Gasteiger partial charge in [0.05, 0.1) is 12.7 Å². The fourth-order valence-corrected chi connectivity index (χ4v) is 0.992. The summed E-state index contributed by atoms with van der Waals surface area (Å²) in [6.45, 7) is 0. The van der Waals surface area contributed by atoms with Crippen LogP contribution in [-0.2, 0) is 0 Å². The quantitative estimate of drug-likeness (QED) is 0.748. The van der Waals surface area contributed by atoms with Crippen molar-refractivity contribution in [1.29, 1.82) is 0 Å². The molecule has 1 amide bonds. The molecule has 0 radical (unpaired) electrons. The molecule has 0 saturated carbocycles. The molecule has 0 spiro atoms. The van der Waals surface area contributed by atoms with Crippen molar-refractivity contribution < 1.29 is 13.9 Å². The number of rotatable bonds is 2. The van der Waals surface area contributed by atoms with E-state index in [0.717, 1.165) is 6.07 Å². The number of halogens is 1. The molecule has 0 aliphatic heterocycles. The third-order valence-corrected chi connectivity index (χ3v) is 1.63. The van der Waals surface area contributed by atoms with E-state index in [-0.39, 0.29) is 11.5 Å². The molecule has 0 bridgehead atoms.